The van der Waals surface area contributed by atoms with Crippen LogP contribution in [0.25, 0.3) is 11.3 Å². The zero-order valence-corrected chi connectivity index (χ0v) is 10.2. The first-order valence-electron chi connectivity index (χ1n) is 5.30. The number of carboxylic acids is 1. The van der Waals surface area contributed by atoms with Crippen molar-refractivity contribution in [3.8, 4) is 11.3 Å². The quantitative estimate of drug-likeness (QED) is 0.860. The number of hydrogen-bond donors (Lipinski definition) is 1. The van der Waals surface area contributed by atoms with Crippen LogP contribution in [0.4, 0.5) is 4.39 Å². The van der Waals surface area contributed by atoms with E-state index in [1.165, 1.54) is 4.68 Å². The predicted molar refractivity (Wildman–Crippen MR) is 65.3 cm³/mol. The number of aromatic carboxylic acids is 1. The summed E-state index contributed by atoms with van der Waals surface area (Å²) in [6.45, 7) is 0. The van der Waals surface area contributed by atoms with Crippen LogP contribution in [-0.4, -0.2) is 20.9 Å². The third-order valence-electron chi connectivity index (χ3n) is 2.89. The first kappa shape index (κ1) is 11.3. The monoisotopic (exact) mass is 264 g/mol. The highest BCUT2D eigenvalue weighted by Crippen LogP contribution is 2.50. The van der Waals surface area contributed by atoms with Gasteiger partial charge in [0, 0.05) is 17.5 Å². The Hall–Kier alpha value is -1.82. The molecule has 0 radical (unpaired) electrons. The van der Waals surface area contributed by atoms with Gasteiger partial charge in [-0.25, -0.2) is 9.18 Å². The number of benzene rings is 1. The number of alkyl halides is 1. The van der Waals surface area contributed by atoms with Gasteiger partial charge in [-0.15, -0.1) is 0 Å². The fraction of sp³-hybridized carbons (Fsp3) is 0.167. The minimum absolute atomic E-state index is 0.161. The van der Waals surface area contributed by atoms with Crippen LogP contribution in [0.1, 0.15) is 21.6 Å². The van der Waals surface area contributed by atoms with Crippen molar-refractivity contribution in [1.82, 2.24) is 9.78 Å². The molecule has 2 heterocycles. The van der Waals surface area contributed by atoms with E-state index in [2.05, 4.69) is 5.10 Å². The first-order valence-corrected chi connectivity index (χ1v) is 6.18. The molecule has 4 nitrogen and oxygen atoms in total. The molecule has 0 saturated heterocycles. The van der Waals surface area contributed by atoms with Gasteiger partial charge in [-0.05, 0) is 6.07 Å². The normalized spacial score (nSPS) is 17.1. The summed E-state index contributed by atoms with van der Waals surface area (Å²) in [4.78, 5) is 11.9. The van der Waals surface area contributed by atoms with E-state index < -0.39 is 11.5 Å². The van der Waals surface area contributed by atoms with Crippen molar-refractivity contribution in [3.05, 3.63) is 35.5 Å². The van der Waals surface area contributed by atoms with Crippen LogP contribution in [0, 0.1) is 0 Å². The lowest BCUT2D eigenvalue weighted by molar-refractivity contribution is 0.0687. The molecular formula is C12H9FN2O2S. The van der Waals surface area contributed by atoms with Crippen molar-refractivity contribution >= 4 is 17.7 Å². The van der Waals surface area contributed by atoms with E-state index in [9.17, 15) is 9.18 Å². The van der Waals surface area contributed by atoms with E-state index in [0.717, 1.165) is 22.2 Å². The maximum Gasteiger partial charge on any atom is 0.356 e. The summed E-state index contributed by atoms with van der Waals surface area (Å²) >= 11 is 1.02. The predicted octanol–water partition coefficient (Wildman–Crippen LogP) is 2.86. The van der Waals surface area contributed by atoms with Crippen molar-refractivity contribution in [2.45, 2.75) is 10.4 Å². The number of carboxylic acid groups (broad SMARTS) is 1. The Kier molecular flexibility index (Phi) is 2.41. The summed E-state index contributed by atoms with van der Waals surface area (Å²) < 4.78 is 15.6. The second-order valence-electron chi connectivity index (χ2n) is 3.97. The molecule has 2 aromatic rings. The summed E-state index contributed by atoms with van der Waals surface area (Å²) in [5.74, 6) is -1.20. The second kappa shape index (κ2) is 3.84. The van der Waals surface area contributed by atoms with Crippen LogP contribution in [0.15, 0.2) is 29.2 Å². The first-order chi connectivity index (χ1) is 8.59. The summed E-state index contributed by atoms with van der Waals surface area (Å²) in [7, 11) is 1.63. The Morgan fingerprint density at radius 1 is 1.50 bits per heavy atom. The fourth-order valence-electron chi connectivity index (χ4n) is 2.17. The molecule has 1 atom stereocenters. The summed E-state index contributed by atoms with van der Waals surface area (Å²) in [5, 5.41) is 13.0. The molecule has 0 saturated carbocycles. The average Bonchev–Trinajstić information content (AvgIpc) is 2.69. The lowest BCUT2D eigenvalue weighted by atomic mass is 10.1. The van der Waals surface area contributed by atoms with Gasteiger partial charge >= 0.3 is 5.97 Å². The van der Waals surface area contributed by atoms with Gasteiger partial charge < -0.3 is 5.11 Å². The van der Waals surface area contributed by atoms with Crippen LogP contribution < -0.4 is 0 Å². The number of halogens is 1. The molecule has 1 aromatic heterocycles. The number of hydrogen-bond acceptors (Lipinski definition) is 3. The molecule has 1 aliphatic rings. The fourth-order valence-corrected chi connectivity index (χ4v) is 3.18. The summed E-state index contributed by atoms with van der Waals surface area (Å²) in [6, 6.07) is 7.34. The standard InChI is InChI=1S/C12H9FN2O2S/c1-15-10-6-4-2-3-5-7(6)18-11(13)8(10)9(14-15)12(16)17/h2-5,11H,1H3,(H,16,17). The Bertz CT molecular complexity index is 654. The molecule has 0 bridgehead atoms. The average molecular weight is 264 g/mol. The molecule has 0 spiro atoms. The van der Waals surface area contributed by atoms with E-state index in [0.29, 0.717) is 5.69 Å². The molecule has 1 N–H and O–H groups in total. The molecule has 0 amide bonds. The maximum absolute atomic E-state index is 14.1. The van der Waals surface area contributed by atoms with Gasteiger partial charge in [0.1, 0.15) is 0 Å². The maximum atomic E-state index is 14.1. The number of thioether (sulfide) groups is 1. The van der Waals surface area contributed by atoms with Crippen molar-refractivity contribution in [2.75, 3.05) is 0 Å². The summed E-state index contributed by atoms with van der Waals surface area (Å²) in [6.07, 6.45) is 0. The van der Waals surface area contributed by atoms with Gasteiger partial charge in [0.05, 0.1) is 11.3 Å². The number of aromatic nitrogens is 2. The highest BCUT2D eigenvalue weighted by molar-refractivity contribution is 7.99. The molecule has 6 heteroatoms. The molecule has 3 rings (SSSR count). The lowest BCUT2D eigenvalue weighted by Gasteiger charge is -2.19. The number of rotatable bonds is 1. The van der Waals surface area contributed by atoms with Crippen molar-refractivity contribution in [1.29, 1.82) is 0 Å². The molecule has 92 valence electrons. The van der Waals surface area contributed by atoms with Crippen molar-refractivity contribution in [3.63, 3.8) is 0 Å². The minimum atomic E-state index is -1.39. The van der Waals surface area contributed by atoms with Gasteiger partial charge in [0.25, 0.3) is 0 Å². The smallest absolute Gasteiger partial charge is 0.356 e. The van der Waals surface area contributed by atoms with Gasteiger partial charge in [-0.3, -0.25) is 4.68 Å². The van der Waals surface area contributed by atoms with Crippen LogP contribution in [0.3, 0.4) is 0 Å². The van der Waals surface area contributed by atoms with E-state index in [4.69, 9.17) is 5.11 Å². The molecule has 0 fully saturated rings. The zero-order chi connectivity index (χ0) is 12.9. The van der Waals surface area contributed by atoms with Crippen LogP contribution in [-0.2, 0) is 7.05 Å². The van der Waals surface area contributed by atoms with Gasteiger partial charge in [-0.2, -0.15) is 5.10 Å². The third kappa shape index (κ3) is 1.45. The SMILES string of the molecule is Cn1nc(C(=O)O)c2c1-c1ccccc1SC2F. The molecule has 1 aliphatic heterocycles. The van der Waals surface area contributed by atoms with Crippen molar-refractivity contribution in [2.24, 2.45) is 7.05 Å². The highest BCUT2D eigenvalue weighted by Gasteiger charge is 2.34. The van der Waals surface area contributed by atoms with E-state index in [-0.39, 0.29) is 11.3 Å². The number of aryl methyl sites for hydroxylation is 1. The molecule has 1 unspecified atom stereocenters. The second-order valence-corrected chi connectivity index (χ2v) is 5.06. The summed E-state index contributed by atoms with van der Waals surface area (Å²) in [5.41, 5.74) is -0.0615. The van der Waals surface area contributed by atoms with Gasteiger partial charge in [-0.1, -0.05) is 30.0 Å². The van der Waals surface area contributed by atoms with Crippen LogP contribution in [0.2, 0.25) is 0 Å². The Morgan fingerprint density at radius 3 is 2.94 bits per heavy atom. The molecular weight excluding hydrogens is 255 g/mol. The van der Waals surface area contributed by atoms with E-state index in [1.807, 2.05) is 24.3 Å². The molecule has 18 heavy (non-hydrogen) atoms. The van der Waals surface area contributed by atoms with Crippen LogP contribution in [0.5, 0.6) is 0 Å². The topological polar surface area (TPSA) is 55.1 Å². The van der Waals surface area contributed by atoms with Gasteiger partial charge in [0.2, 0.25) is 0 Å². The molecule has 0 aliphatic carbocycles. The number of fused-ring (bicyclic) bond motifs is 3. The van der Waals surface area contributed by atoms with Gasteiger partial charge in [0.15, 0.2) is 11.2 Å². The van der Waals surface area contributed by atoms with Crippen LogP contribution >= 0.6 is 11.8 Å². The van der Waals surface area contributed by atoms with E-state index in [1.54, 1.807) is 7.05 Å². The number of nitrogens with zero attached hydrogens (tertiary/aromatic N) is 2. The Balaban J connectivity index is 2.34. The van der Waals surface area contributed by atoms with Crippen molar-refractivity contribution < 1.29 is 14.3 Å². The largest absolute Gasteiger partial charge is 0.476 e. The Labute approximate surface area is 106 Å². The Morgan fingerprint density at radius 2 is 2.22 bits per heavy atom. The lowest BCUT2D eigenvalue weighted by Crippen LogP contribution is -2.05. The zero-order valence-electron chi connectivity index (χ0n) is 9.42. The minimum Gasteiger partial charge on any atom is -0.476 e. The highest BCUT2D eigenvalue weighted by atomic mass is 32.2. The third-order valence-corrected chi connectivity index (χ3v) is 3.94. The van der Waals surface area contributed by atoms with E-state index >= 15 is 0 Å². The molecule has 1 aromatic carbocycles. The number of carbonyl (C=O) groups is 1.